The van der Waals surface area contributed by atoms with Crippen LogP contribution in [0.15, 0.2) is 11.6 Å². The number of nitrogens with one attached hydrogen (secondary N) is 1. The van der Waals surface area contributed by atoms with Crippen LogP contribution in [-0.4, -0.2) is 18.5 Å². The monoisotopic (exact) mass is 189 g/mol. The molecule has 76 valence electrons. The summed E-state index contributed by atoms with van der Waals surface area (Å²) in [5.74, 6) is -2.27. The van der Waals surface area contributed by atoms with E-state index in [1.807, 2.05) is 13.8 Å². The lowest BCUT2D eigenvalue weighted by atomic mass is 9.93. The van der Waals surface area contributed by atoms with E-state index in [-0.39, 0.29) is 0 Å². The van der Waals surface area contributed by atoms with Gasteiger partial charge in [0, 0.05) is 6.92 Å². The van der Waals surface area contributed by atoms with E-state index in [1.54, 1.807) is 6.08 Å². The zero-order valence-electron chi connectivity index (χ0n) is 8.40. The first kappa shape index (κ1) is 10.6. The second kappa shape index (κ2) is 3.74. The maximum atomic E-state index is 12.9. The van der Waals surface area contributed by atoms with E-state index in [9.17, 15) is 8.78 Å². The number of rotatable bonds is 2. The van der Waals surface area contributed by atoms with Crippen LogP contribution in [0, 0.1) is 5.92 Å². The number of hydrogen-bond donors (Lipinski definition) is 1. The molecule has 1 N–H and O–H groups in total. The van der Waals surface area contributed by atoms with Gasteiger partial charge in [-0.2, -0.15) is 0 Å². The van der Waals surface area contributed by atoms with Gasteiger partial charge in [0.2, 0.25) is 0 Å². The molecular formula is C10H17F2N. The Kier molecular flexibility index (Phi) is 3.06. The summed E-state index contributed by atoms with van der Waals surface area (Å²) in [5, 5.41) is 2.82. The van der Waals surface area contributed by atoms with E-state index < -0.39 is 12.0 Å². The standard InChI is InChI=1S/C10H17F2N/c1-7(2)8-4-5-13-9(6-8)10(3,11)12/h6-7,9,13H,4-5H2,1-3H3. The van der Waals surface area contributed by atoms with E-state index in [4.69, 9.17) is 0 Å². The molecule has 1 heterocycles. The normalized spacial score (nSPS) is 24.8. The lowest BCUT2D eigenvalue weighted by Crippen LogP contribution is -2.44. The van der Waals surface area contributed by atoms with Gasteiger partial charge in [0.15, 0.2) is 0 Å². The Morgan fingerprint density at radius 3 is 2.62 bits per heavy atom. The molecule has 0 amide bonds. The van der Waals surface area contributed by atoms with Gasteiger partial charge in [-0.05, 0) is 18.9 Å². The Balaban J connectivity index is 2.74. The van der Waals surface area contributed by atoms with Crippen LogP contribution in [0.2, 0.25) is 0 Å². The van der Waals surface area contributed by atoms with Crippen molar-refractivity contribution < 1.29 is 8.78 Å². The third-order valence-electron chi connectivity index (χ3n) is 2.45. The van der Waals surface area contributed by atoms with E-state index >= 15 is 0 Å². The lowest BCUT2D eigenvalue weighted by Gasteiger charge is -2.28. The van der Waals surface area contributed by atoms with Gasteiger partial charge in [0.05, 0.1) is 6.04 Å². The third kappa shape index (κ3) is 2.76. The average Bonchev–Trinajstić information content (AvgIpc) is 2.03. The van der Waals surface area contributed by atoms with Gasteiger partial charge in [0.25, 0.3) is 5.92 Å². The predicted molar refractivity (Wildman–Crippen MR) is 49.9 cm³/mol. The Labute approximate surface area is 78.2 Å². The molecule has 0 fully saturated rings. The summed E-state index contributed by atoms with van der Waals surface area (Å²) < 4.78 is 25.9. The van der Waals surface area contributed by atoms with Crippen molar-refractivity contribution in [1.29, 1.82) is 0 Å². The van der Waals surface area contributed by atoms with Crippen molar-refractivity contribution in [2.75, 3.05) is 6.54 Å². The molecule has 0 aromatic carbocycles. The van der Waals surface area contributed by atoms with Gasteiger partial charge >= 0.3 is 0 Å². The summed E-state index contributed by atoms with van der Waals surface area (Å²) in [6, 6.07) is -0.779. The molecule has 0 bridgehead atoms. The fourth-order valence-corrected chi connectivity index (χ4v) is 1.54. The largest absolute Gasteiger partial charge is 0.305 e. The van der Waals surface area contributed by atoms with Crippen molar-refractivity contribution in [2.45, 2.75) is 39.2 Å². The molecule has 0 aromatic heterocycles. The van der Waals surface area contributed by atoms with Crippen molar-refractivity contribution in [3.63, 3.8) is 0 Å². The van der Waals surface area contributed by atoms with Crippen molar-refractivity contribution in [3.8, 4) is 0 Å². The quantitative estimate of drug-likeness (QED) is 0.658. The number of halogens is 2. The van der Waals surface area contributed by atoms with Gasteiger partial charge in [-0.25, -0.2) is 8.78 Å². The van der Waals surface area contributed by atoms with Gasteiger partial charge in [-0.3, -0.25) is 0 Å². The van der Waals surface area contributed by atoms with Gasteiger partial charge in [-0.1, -0.05) is 25.5 Å². The summed E-state index contributed by atoms with van der Waals surface area (Å²) in [6.07, 6.45) is 2.58. The van der Waals surface area contributed by atoms with E-state index in [1.165, 1.54) is 0 Å². The van der Waals surface area contributed by atoms with Crippen molar-refractivity contribution >= 4 is 0 Å². The number of hydrogen-bond acceptors (Lipinski definition) is 1. The first-order valence-corrected chi connectivity index (χ1v) is 4.73. The second-order valence-electron chi connectivity index (χ2n) is 4.03. The third-order valence-corrected chi connectivity index (χ3v) is 2.45. The highest BCUT2D eigenvalue weighted by Gasteiger charge is 2.33. The Bertz CT molecular complexity index is 203. The van der Waals surface area contributed by atoms with Crippen LogP contribution in [0.3, 0.4) is 0 Å². The van der Waals surface area contributed by atoms with Crippen LogP contribution in [0.25, 0.3) is 0 Å². The second-order valence-corrected chi connectivity index (χ2v) is 4.03. The molecular weight excluding hydrogens is 172 g/mol. The Morgan fingerprint density at radius 2 is 2.15 bits per heavy atom. The van der Waals surface area contributed by atoms with Crippen LogP contribution in [-0.2, 0) is 0 Å². The highest BCUT2D eigenvalue weighted by atomic mass is 19.3. The molecule has 13 heavy (non-hydrogen) atoms. The first-order valence-electron chi connectivity index (χ1n) is 4.73. The zero-order chi connectivity index (χ0) is 10.1. The Morgan fingerprint density at radius 1 is 1.54 bits per heavy atom. The minimum absolute atomic E-state index is 0.381. The molecule has 0 radical (unpaired) electrons. The molecule has 0 spiro atoms. The lowest BCUT2D eigenvalue weighted by molar-refractivity contribution is -0.00421. The first-order chi connectivity index (χ1) is 5.91. The Hall–Kier alpha value is -0.440. The fraction of sp³-hybridized carbons (Fsp3) is 0.800. The van der Waals surface area contributed by atoms with Crippen molar-refractivity contribution in [3.05, 3.63) is 11.6 Å². The molecule has 3 heteroatoms. The minimum atomic E-state index is -2.65. The summed E-state index contributed by atoms with van der Waals surface area (Å²) in [6.45, 7) is 5.71. The van der Waals surface area contributed by atoms with Crippen LogP contribution in [0.5, 0.6) is 0 Å². The van der Waals surface area contributed by atoms with Crippen LogP contribution >= 0.6 is 0 Å². The molecule has 1 aliphatic heterocycles. The van der Waals surface area contributed by atoms with Crippen LogP contribution < -0.4 is 5.32 Å². The SMILES string of the molecule is CC(C)C1=CC(C(C)(F)F)NCC1. The summed E-state index contributed by atoms with van der Waals surface area (Å²) in [7, 11) is 0. The molecule has 0 saturated carbocycles. The predicted octanol–water partition coefficient (Wildman–Crippen LogP) is 2.59. The van der Waals surface area contributed by atoms with E-state index in [0.717, 1.165) is 18.9 Å². The van der Waals surface area contributed by atoms with Crippen molar-refractivity contribution in [1.82, 2.24) is 5.32 Å². The molecule has 1 aliphatic rings. The zero-order valence-corrected chi connectivity index (χ0v) is 8.40. The maximum absolute atomic E-state index is 12.9. The fourth-order valence-electron chi connectivity index (χ4n) is 1.54. The summed E-state index contributed by atoms with van der Waals surface area (Å²) >= 11 is 0. The van der Waals surface area contributed by atoms with Crippen molar-refractivity contribution in [2.24, 2.45) is 5.92 Å². The van der Waals surface area contributed by atoms with E-state index in [0.29, 0.717) is 12.5 Å². The summed E-state index contributed by atoms with van der Waals surface area (Å²) in [4.78, 5) is 0. The van der Waals surface area contributed by atoms with Gasteiger partial charge in [0.1, 0.15) is 0 Å². The molecule has 1 nitrogen and oxygen atoms in total. The summed E-state index contributed by atoms with van der Waals surface area (Å²) in [5.41, 5.74) is 1.14. The molecule has 0 aromatic rings. The highest BCUT2D eigenvalue weighted by molar-refractivity contribution is 5.15. The minimum Gasteiger partial charge on any atom is -0.305 e. The molecule has 1 rings (SSSR count). The van der Waals surface area contributed by atoms with E-state index in [2.05, 4.69) is 5.32 Å². The van der Waals surface area contributed by atoms with Gasteiger partial charge < -0.3 is 5.32 Å². The molecule has 1 unspecified atom stereocenters. The maximum Gasteiger partial charge on any atom is 0.263 e. The molecule has 1 atom stereocenters. The highest BCUT2D eigenvalue weighted by Crippen LogP contribution is 2.25. The molecule has 0 saturated heterocycles. The van der Waals surface area contributed by atoms with Crippen LogP contribution in [0.1, 0.15) is 27.2 Å². The smallest absolute Gasteiger partial charge is 0.263 e. The number of alkyl halides is 2. The van der Waals surface area contributed by atoms with Gasteiger partial charge in [-0.15, -0.1) is 0 Å². The van der Waals surface area contributed by atoms with Crippen LogP contribution in [0.4, 0.5) is 8.78 Å². The molecule has 0 aliphatic carbocycles. The average molecular weight is 189 g/mol. The topological polar surface area (TPSA) is 12.0 Å².